The van der Waals surface area contributed by atoms with Crippen molar-refractivity contribution in [2.45, 2.75) is 18.1 Å². The molecule has 0 bridgehead atoms. The molecule has 31 heavy (non-hydrogen) atoms. The fourth-order valence-corrected chi connectivity index (χ4v) is 4.94. The molecule has 0 aliphatic heterocycles. The number of alkyl carbamates (subject to hydrolysis) is 1. The van der Waals surface area contributed by atoms with Crippen molar-refractivity contribution in [1.82, 2.24) is 5.32 Å². The fourth-order valence-electron chi connectivity index (χ4n) is 3.93. The first kappa shape index (κ1) is 21.8. The van der Waals surface area contributed by atoms with Crippen LogP contribution in [0.15, 0.2) is 71.2 Å². The van der Waals surface area contributed by atoms with Gasteiger partial charge in [0.05, 0.1) is 0 Å². The highest BCUT2D eigenvalue weighted by molar-refractivity contribution is 9.10. The van der Waals surface area contributed by atoms with Crippen molar-refractivity contribution >= 4 is 33.6 Å². The van der Waals surface area contributed by atoms with Gasteiger partial charge >= 0.3 is 6.09 Å². The SMILES string of the molecule is O=C(NCC(O)C(O)c1c(Cl)cccc1Br)OCC1c2ccccc2-c2ccccc21. The van der Waals surface area contributed by atoms with Gasteiger partial charge in [-0.15, -0.1) is 0 Å². The van der Waals surface area contributed by atoms with Gasteiger partial charge in [-0.3, -0.25) is 0 Å². The Hall–Kier alpha value is -2.38. The Bertz CT molecular complexity index is 1040. The molecule has 1 aliphatic rings. The van der Waals surface area contributed by atoms with Crippen LogP contribution in [0.25, 0.3) is 11.1 Å². The van der Waals surface area contributed by atoms with E-state index in [0.29, 0.717) is 15.1 Å². The Balaban J connectivity index is 1.36. The third kappa shape index (κ3) is 4.48. The predicted octanol–water partition coefficient (Wildman–Crippen LogP) is 5.04. The summed E-state index contributed by atoms with van der Waals surface area (Å²) >= 11 is 9.44. The number of hydrogen-bond acceptors (Lipinski definition) is 4. The van der Waals surface area contributed by atoms with Crippen molar-refractivity contribution in [3.8, 4) is 11.1 Å². The normalized spacial score (nSPS) is 14.5. The van der Waals surface area contributed by atoms with E-state index >= 15 is 0 Å². The van der Waals surface area contributed by atoms with Crippen LogP contribution in [-0.2, 0) is 4.74 Å². The summed E-state index contributed by atoms with van der Waals surface area (Å²) in [6.07, 6.45) is -3.18. The number of amides is 1. The van der Waals surface area contributed by atoms with Gasteiger partial charge in [0.25, 0.3) is 0 Å². The number of fused-ring (bicyclic) bond motifs is 3. The number of halogens is 2. The molecule has 7 heteroatoms. The molecule has 3 N–H and O–H groups in total. The molecule has 160 valence electrons. The number of benzene rings is 3. The molecule has 0 fully saturated rings. The minimum atomic E-state index is -1.27. The lowest BCUT2D eigenvalue weighted by atomic mass is 9.98. The van der Waals surface area contributed by atoms with E-state index in [2.05, 4.69) is 33.4 Å². The minimum absolute atomic E-state index is 0.0484. The van der Waals surface area contributed by atoms with Crippen LogP contribution in [0.5, 0.6) is 0 Å². The van der Waals surface area contributed by atoms with Gasteiger partial charge < -0.3 is 20.3 Å². The number of ether oxygens (including phenoxy) is 1. The topological polar surface area (TPSA) is 78.8 Å². The third-order valence-corrected chi connectivity index (χ3v) is 6.48. The van der Waals surface area contributed by atoms with Crippen molar-refractivity contribution in [1.29, 1.82) is 0 Å². The zero-order valence-electron chi connectivity index (χ0n) is 16.5. The molecule has 1 aliphatic carbocycles. The van der Waals surface area contributed by atoms with Crippen molar-refractivity contribution < 1.29 is 19.7 Å². The summed E-state index contributed by atoms with van der Waals surface area (Å²) in [5, 5.41) is 23.6. The Morgan fingerprint density at radius 2 is 1.61 bits per heavy atom. The van der Waals surface area contributed by atoms with Crippen LogP contribution >= 0.6 is 27.5 Å². The van der Waals surface area contributed by atoms with Gasteiger partial charge in [-0.05, 0) is 34.4 Å². The molecule has 2 unspecified atom stereocenters. The van der Waals surface area contributed by atoms with Crippen LogP contribution < -0.4 is 5.32 Å². The standard InChI is InChI=1S/C24H21BrClNO4/c25-19-10-5-11-20(26)22(19)23(29)21(28)12-27-24(30)31-13-18-16-8-3-1-6-14(16)15-7-2-4-9-17(15)18/h1-11,18,21,23,28-29H,12-13H2,(H,27,30). The molecular formula is C24H21BrClNO4. The fraction of sp³-hybridized carbons (Fsp3) is 0.208. The predicted molar refractivity (Wildman–Crippen MR) is 123 cm³/mol. The number of aliphatic hydroxyl groups excluding tert-OH is 2. The molecule has 4 rings (SSSR count). The summed E-state index contributed by atoms with van der Waals surface area (Å²) in [7, 11) is 0. The zero-order chi connectivity index (χ0) is 22.0. The molecule has 0 saturated carbocycles. The van der Waals surface area contributed by atoms with E-state index in [1.807, 2.05) is 36.4 Å². The van der Waals surface area contributed by atoms with E-state index in [1.54, 1.807) is 18.2 Å². The van der Waals surface area contributed by atoms with Crippen LogP contribution in [0.3, 0.4) is 0 Å². The first-order chi connectivity index (χ1) is 15.0. The molecule has 0 radical (unpaired) electrons. The van der Waals surface area contributed by atoms with Gasteiger partial charge in [0, 0.05) is 27.5 Å². The molecule has 0 heterocycles. The number of rotatable bonds is 6. The highest BCUT2D eigenvalue weighted by Crippen LogP contribution is 2.44. The Labute approximate surface area is 193 Å². The van der Waals surface area contributed by atoms with E-state index in [-0.39, 0.29) is 19.1 Å². The van der Waals surface area contributed by atoms with Gasteiger partial charge in [0.2, 0.25) is 0 Å². The number of nitrogens with one attached hydrogen (secondary N) is 1. The summed E-state index contributed by atoms with van der Waals surface area (Å²) < 4.78 is 6.02. The van der Waals surface area contributed by atoms with E-state index in [9.17, 15) is 15.0 Å². The smallest absolute Gasteiger partial charge is 0.407 e. The van der Waals surface area contributed by atoms with Gasteiger partial charge in [-0.2, -0.15) is 0 Å². The Morgan fingerprint density at radius 1 is 1.00 bits per heavy atom. The third-order valence-electron chi connectivity index (χ3n) is 5.46. The molecule has 0 saturated heterocycles. The van der Waals surface area contributed by atoms with Gasteiger partial charge in [0.1, 0.15) is 18.8 Å². The molecule has 3 aromatic carbocycles. The van der Waals surface area contributed by atoms with Gasteiger partial charge in [-0.1, -0.05) is 82.1 Å². The van der Waals surface area contributed by atoms with Gasteiger partial charge in [0.15, 0.2) is 0 Å². The lowest BCUT2D eigenvalue weighted by Crippen LogP contribution is -2.36. The molecule has 1 amide bonds. The number of carbonyl (C=O) groups is 1. The number of hydrogen-bond donors (Lipinski definition) is 3. The lowest BCUT2D eigenvalue weighted by Gasteiger charge is -2.21. The summed E-state index contributed by atoms with van der Waals surface area (Å²) in [6, 6.07) is 21.2. The van der Waals surface area contributed by atoms with Gasteiger partial charge in [-0.25, -0.2) is 4.79 Å². The van der Waals surface area contributed by atoms with E-state index in [1.165, 1.54) is 0 Å². The molecule has 0 spiro atoms. The van der Waals surface area contributed by atoms with Crippen molar-refractivity contribution in [2.24, 2.45) is 0 Å². The second-order valence-corrected chi connectivity index (χ2v) is 8.62. The number of aliphatic hydroxyl groups is 2. The van der Waals surface area contributed by atoms with Crippen molar-refractivity contribution in [3.05, 3.63) is 92.9 Å². The maximum atomic E-state index is 12.3. The maximum Gasteiger partial charge on any atom is 0.407 e. The van der Waals surface area contributed by atoms with Crippen molar-refractivity contribution in [2.75, 3.05) is 13.2 Å². The highest BCUT2D eigenvalue weighted by Gasteiger charge is 2.29. The van der Waals surface area contributed by atoms with Crippen LogP contribution in [0, 0.1) is 0 Å². The molecule has 2 atom stereocenters. The number of carbonyl (C=O) groups excluding carboxylic acids is 1. The first-order valence-corrected chi connectivity index (χ1v) is 11.0. The second-order valence-electron chi connectivity index (χ2n) is 7.35. The zero-order valence-corrected chi connectivity index (χ0v) is 18.8. The molecular weight excluding hydrogens is 482 g/mol. The Kier molecular flexibility index (Phi) is 6.62. The Morgan fingerprint density at radius 3 is 2.23 bits per heavy atom. The van der Waals surface area contributed by atoms with Crippen LogP contribution in [-0.4, -0.2) is 35.6 Å². The van der Waals surface area contributed by atoms with E-state index in [4.69, 9.17) is 16.3 Å². The van der Waals surface area contributed by atoms with E-state index < -0.39 is 18.3 Å². The highest BCUT2D eigenvalue weighted by atomic mass is 79.9. The average Bonchev–Trinajstić information content (AvgIpc) is 3.09. The molecule has 0 aromatic heterocycles. The summed E-state index contributed by atoms with van der Waals surface area (Å²) in [5.74, 6) is -0.0484. The second kappa shape index (κ2) is 9.40. The molecule has 5 nitrogen and oxygen atoms in total. The van der Waals surface area contributed by atoms with Crippen LogP contribution in [0.2, 0.25) is 5.02 Å². The van der Waals surface area contributed by atoms with Crippen molar-refractivity contribution in [3.63, 3.8) is 0 Å². The first-order valence-electron chi connectivity index (χ1n) is 9.86. The largest absolute Gasteiger partial charge is 0.449 e. The molecule has 3 aromatic rings. The minimum Gasteiger partial charge on any atom is -0.449 e. The quantitative estimate of drug-likeness (QED) is 0.441. The monoisotopic (exact) mass is 501 g/mol. The van der Waals surface area contributed by atoms with Crippen LogP contribution in [0.4, 0.5) is 4.79 Å². The maximum absolute atomic E-state index is 12.3. The lowest BCUT2D eigenvalue weighted by molar-refractivity contribution is 0.0182. The van der Waals surface area contributed by atoms with Crippen LogP contribution in [0.1, 0.15) is 28.7 Å². The summed E-state index contributed by atoms with van der Waals surface area (Å²) in [5.41, 5.74) is 4.91. The average molecular weight is 503 g/mol. The summed E-state index contributed by atoms with van der Waals surface area (Å²) in [6.45, 7) is -0.00985. The summed E-state index contributed by atoms with van der Waals surface area (Å²) in [4.78, 5) is 12.3. The van der Waals surface area contributed by atoms with E-state index in [0.717, 1.165) is 22.3 Å².